The Balaban J connectivity index is 2.58. The third kappa shape index (κ3) is 5.60. The van der Waals surface area contributed by atoms with Gasteiger partial charge in [-0.05, 0) is 25.0 Å². The van der Waals surface area contributed by atoms with Gasteiger partial charge in [-0.1, -0.05) is 34.1 Å². The highest BCUT2D eigenvalue weighted by molar-refractivity contribution is 9.10. The number of nitrogens with one attached hydrogen (secondary N) is 1. The van der Waals surface area contributed by atoms with Crippen LogP contribution in [-0.2, 0) is 19.6 Å². The highest BCUT2D eigenvalue weighted by atomic mass is 79.9. The van der Waals surface area contributed by atoms with Crippen LogP contribution in [0.2, 0.25) is 0 Å². The molecule has 5 nitrogen and oxygen atoms in total. The molecule has 0 radical (unpaired) electrons. The molecule has 112 valence electrons. The van der Waals surface area contributed by atoms with E-state index in [4.69, 9.17) is 0 Å². The van der Waals surface area contributed by atoms with Gasteiger partial charge in [0.2, 0.25) is 10.0 Å². The van der Waals surface area contributed by atoms with Gasteiger partial charge in [-0.25, -0.2) is 13.1 Å². The quantitative estimate of drug-likeness (QED) is 0.754. The summed E-state index contributed by atoms with van der Waals surface area (Å²) in [4.78, 5) is 10.9. The molecule has 0 unspecified atom stereocenters. The Bertz CT molecular complexity index is 559. The van der Waals surface area contributed by atoms with Crippen molar-refractivity contribution in [3.05, 3.63) is 34.3 Å². The van der Waals surface area contributed by atoms with Crippen molar-refractivity contribution < 1.29 is 17.9 Å². The van der Waals surface area contributed by atoms with Crippen molar-refractivity contribution >= 4 is 31.9 Å². The average Bonchev–Trinajstić information content (AvgIpc) is 2.38. The van der Waals surface area contributed by atoms with Gasteiger partial charge in [-0.2, -0.15) is 0 Å². The number of methoxy groups -OCH3 is 1. The maximum Gasteiger partial charge on any atom is 0.305 e. The smallest absolute Gasteiger partial charge is 0.305 e. The minimum Gasteiger partial charge on any atom is -0.469 e. The van der Waals surface area contributed by atoms with Crippen LogP contribution in [-0.4, -0.2) is 27.2 Å². The van der Waals surface area contributed by atoms with E-state index in [0.29, 0.717) is 0 Å². The molecule has 0 amide bonds. The van der Waals surface area contributed by atoms with E-state index in [2.05, 4.69) is 25.4 Å². The average molecular weight is 364 g/mol. The van der Waals surface area contributed by atoms with E-state index in [-0.39, 0.29) is 24.6 Å². The zero-order valence-corrected chi connectivity index (χ0v) is 13.8. The molecule has 0 saturated carbocycles. The molecule has 0 aromatic heterocycles. The zero-order valence-electron chi connectivity index (χ0n) is 11.4. The monoisotopic (exact) mass is 363 g/mol. The van der Waals surface area contributed by atoms with Crippen molar-refractivity contribution in [1.29, 1.82) is 0 Å². The van der Waals surface area contributed by atoms with Crippen LogP contribution < -0.4 is 4.72 Å². The number of sulfonamides is 1. The first-order valence-electron chi connectivity index (χ1n) is 6.17. The van der Waals surface area contributed by atoms with Gasteiger partial charge in [0.1, 0.15) is 0 Å². The van der Waals surface area contributed by atoms with Crippen molar-refractivity contribution in [2.75, 3.05) is 12.9 Å². The first-order valence-corrected chi connectivity index (χ1v) is 8.61. The summed E-state index contributed by atoms with van der Waals surface area (Å²) >= 11 is 3.39. The van der Waals surface area contributed by atoms with Gasteiger partial charge >= 0.3 is 5.97 Å². The summed E-state index contributed by atoms with van der Waals surface area (Å²) in [6.45, 7) is 1.78. The lowest BCUT2D eigenvalue weighted by Crippen LogP contribution is -2.29. The lowest BCUT2D eigenvalue weighted by Gasteiger charge is -2.15. The molecular weight excluding hydrogens is 346 g/mol. The first-order chi connectivity index (χ1) is 9.35. The molecule has 0 aliphatic carbocycles. The molecule has 0 saturated heterocycles. The normalized spacial score (nSPS) is 12.9. The van der Waals surface area contributed by atoms with Crippen LogP contribution in [0.25, 0.3) is 0 Å². The predicted octanol–water partition coefficient (Wildman–Crippen LogP) is 2.38. The van der Waals surface area contributed by atoms with E-state index in [1.165, 1.54) is 7.11 Å². The molecular formula is C13H18BrNO4S. The molecule has 20 heavy (non-hydrogen) atoms. The van der Waals surface area contributed by atoms with Crippen LogP contribution in [0.15, 0.2) is 28.7 Å². The van der Waals surface area contributed by atoms with Gasteiger partial charge < -0.3 is 4.74 Å². The standard InChI is InChI=1S/C13H18BrNO4S/c1-10(11-6-3-4-7-12(11)14)15-20(17,18)9-5-8-13(16)19-2/h3-4,6-7,10,15H,5,8-9H2,1-2H3/t10-/m0/s1. The fraction of sp³-hybridized carbons (Fsp3) is 0.462. The largest absolute Gasteiger partial charge is 0.469 e. The minimum atomic E-state index is -3.43. The first kappa shape index (κ1) is 17.1. The third-order valence-corrected chi connectivity index (χ3v) is 5.01. The van der Waals surface area contributed by atoms with Gasteiger partial charge in [0, 0.05) is 16.9 Å². The van der Waals surface area contributed by atoms with Crippen LogP contribution in [0.5, 0.6) is 0 Å². The van der Waals surface area contributed by atoms with E-state index in [1.54, 1.807) is 6.92 Å². The Morgan fingerprint density at radius 3 is 2.65 bits per heavy atom. The summed E-state index contributed by atoms with van der Waals surface area (Å²) in [5, 5.41) is 0. The van der Waals surface area contributed by atoms with E-state index in [1.807, 2.05) is 24.3 Å². The molecule has 0 aliphatic rings. The third-order valence-electron chi connectivity index (χ3n) is 2.75. The highest BCUT2D eigenvalue weighted by Gasteiger charge is 2.17. The van der Waals surface area contributed by atoms with Gasteiger partial charge in [0.15, 0.2) is 0 Å². The minimum absolute atomic E-state index is 0.0980. The number of halogens is 1. The van der Waals surface area contributed by atoms with Crippen LogP contribution in [0.1, 0.15) is 31.4 Å². The Hall–Kier alpha value is -0.920. The predicted molar refractivity (Wildman–Crippen MR) is 80.7 cm³/mol. The molecule has 0 heterocycles. The summed E-state index contributed by atoms with van der Waals surface area (Å²) in [5.74, 6) is -0.504. The van der Waals surface area contributed by atoms with Crippen molar-refractivity contribution in [1.82, 2.24) is 4.72 Å². The van der Waals surface area contributed by atoms with Crippen molar-refractivity contribution in [3.8, 4) is 0 Å². The second kappa shape index (κ2) is 7.75. The van der Waals surface area contributed by atoms with E-state index in [9.17, 15) is 13.2 Å². The second-order valence-electron chi connectivity index (χ2n) is 4.36. The fourth-order valence-electron chi connectivity index (χ4n) is 1.73. The SMILES string of the molecule is COC(=O)CCCS(=O)(=O)N[C@@H](C)c1ccccc1Br. The van der Waals surface area contributed by atoms with E-state index >= 15 is 0 Å². The van der Waals surface area contributed by atoms with Gasteiger partial charge in [-0.15, -0.1) is 0 Å². The fourth-order valence-corrected chi connectivity index (χ4v) is 3.66. The van der Waals surface area contributed by atoms with Crippen LogP contribution in [0, 0.1) is 0 Å². The molecule has 1 rings (SSSR count). The molecule has 1 N–H and O–H groups in total. The molecule has 0 fully saturated rings. The Morgan fingerprint density at radius 1 is 1.40 bits per heavy atom. The Kier molecular flexibility index (Phi) is 6.64. The van der Waals surface area contributed by atoms with Crippen LogP contribution in [0.4, 0.5) is 0 Å². The molecule has 0 aliphatic heterocycles. The zero-order chi connectivity index (χ0) is 15.2. The Labute approximate surface area is 127 Å². The number of esters is 1. The highest BCUT2D eigenvalue weighted by Crippen LogP contribution is 2.23. The lowest BCUT2D eigenvalue weighted by molar-refractivity contribution is -0.140. The number of carbonyl (C=O) groups excluding carboxylic acids is 1. The summed E-state index contributed by atoms with van der Waals surface area (Å²) in [5.41, 5.74) is 0.865. The second-order valence-corrected chi connectivity index (χ2v) is 7.09. The molecule has 1 aromatic rings. The summed E-state index contributed by atoms with van der Waals surface area (Å²) in [6, 6.07) is 7.09. The maximum absolute atomic E-state index is 11.9. The molecule has 0 spiro atoms. The number of ether oxygens (including phenoxy) is 1. The van der Waals surface area contributed by atoms with Gasteiger partial charge in [-0.3, -0.25) is 4.79 Å². The summed E-state index contributed by atoms with van der Waals surface area (Å²) in [7, 11) is -2.15. The number of hydrogen-bond donors (Lipinski definition) is 1. The van der Waals surface area contributed by atoms with Crippen molar-refractivity contribution in [3.63, 3.8) is 0 Å². The maximum atomic E-state index is 11.9. The van der Waals surface area contributed by atoms with E-state index < -0.39 is 16.0 Å². The summed E-state index contributed by atoms with van der Waals surface area (Å²) in [6.07, 6.45) is 0.339. The van der Waals surface area contributed by atoms with Crippen LogP contribution >= 0.6 is 15.9 Å². The van der Waals surface area contributed by atoms with Gasteiger partial charge in [0.25, 0.3) is 0 Å². The van der Waals surface area contributed by atoms with Crippen molar-refractivity contribution in [2.24, 2.45) is 0 Å². The molecule has 7 heteroatoms. The molecule has 1 aromatic carbocycles. The lowest BCUT2D eigenvalue weighted by atomic mass is 10.1. The number of benzene rings is 1. The number of rotatable bonds is 7. The number of hydrogen-bond acceptors (Lipinski definition) is 4. The van der Waals surface area contributed by atoms with Crippen LogP contribution in [0.3, 0.4) is 0 Å². The van der Waals surface area contributed by atoms with Crippen molar-refractivity contribution in [2.45, 2.75) is 25.8 Å². The summed E-state index contributed by atoms with van der Waals surface area (Å²) < 4.78 is 31.8. The Morgan fingerprint density at radius 2 is 2.05 bits per heavy atom. The molecule has 1 atom stereocenters. The molecule has 0 bridgehead atoms. The van der Waals surface area contributed by atoms with E-state index in [0.717, 1.165) is 10.0 Å². The topological polar surface area (TPSA) is 72.5 Å². The number of carbonyl (C=O) groups is 1. The van der Waals surface area contributed by atoms with Gasteiger partial charge in [0.05, 0.1) is 12.9 Å².